The minimum absolute atomic E-state index is 0.123. The first kappa shape index (κ1) is 18.5. The largest absolute Gasteiger partial charge is 0.334 e. The van der Waals surface area contributed by atoms with E-state index in [2.05, 4.69) is 21.8 Å². The molecule has 0 aromatic carbocycles. The molecule has 0 unspecified atom stereocenters. The molecule has 27 heavy (non-hydrogen) atoms. The Balaban J connectivity index is 1.39. The quantitative estimate of drug-likeness (QED) is 0.803. The lowest BCUT2D eigenvalue weighted by molar-refractivity contribution is -0.130. The molecule has 2 saturated heterocycles. The van der Waals surface area contributed by atoms with Crippen LogP contribution >= 0.6 is 0 Å². The zero-order chi connectivity index (χ0) is 19.2. The Bertz CT molecular complexity index is 754. The van der Waals surface area contributed by atoms with Gasteiger partial charge >= 0.3 is 6.03 Å². The third kappa shape index (κ3) is 3.26. The summed E-state index contributed by atoms with van der Waals surface area (Å²) >= 11 is 0. The summed E-state index contributed by atoms with van der Waals surface area (Å²) in [5.41, 5.74) is 1.94. The molecule has 0 spiro atoms. The van der Waals surface area contributed by atoms with Crippen LogP contribution < -0.4 is 5.32 Å². The average molecular weight is 374 g/mol. The van der Waals surface area contributed by atoms with Crippen molar-refractivity contribution in [1.82, 2.24) is 24.7 Å². The maximum Gasteiger partial charge on any atom is 0.325 e. The smallest absolute Gasteiger partial charge is 0.325 e. The molecular weight excluding hydrogens is 342 g/mol. The van der Waals surface area contributed by atoms with Gasteiger partial charge in [-0.05, 0) is 65.3 Å². The monoisotopic (exact) mass is 373 g/mol. The number of aryl methyl sites for hydroxylation is 1. The minimum Gasteiger partial charge on any atom is -0.334 e. The molecule has 2 aliphatic heterocycles. The summed E-state index contributed by atoms with van der Waals surface area (Å²) in [6, 6.07) is 0.0971. The van der Waals surface area contributed by atoms with Crippen molar-refractivity contribution in [2.24, 2.45) is 7.05 Å². The van der Waals surface area contributed by atoms with E-state index >= 15 is 0 Å². The van der Waals surface area contributed by atoms with Gasteiger partial charge in [-0.2, -0.15) is 0 Å². The number of urea groups is 1. The molecule has 0 radical (unpaired) electrons. The van der Waals surface area contributed by atoms with Crippen LogP contribution in [-0.4, -0.2) is 56.5 Å². The number of amides is 3. The molecular formula is C20H31N5O2. The van der Waals surface area contributed by atoms with Crippen LogP contribution in [0.25, 0.3) is 0 Å². The lowest BCUT2D eigenvalue weighted by Gasteiger charge is -2.25. The number of carbonyl (C=O) groups excluding carboxylic acids is 2. The predicted molar refractivity (Wildman–Crippen MR) is 102 cm³/mol. The Kier molecular flexibility index (Phi) is 4.74. The Hall–Kier alpha value is -1.89. The summed E-state index contributed by atoms with van der Waals surface area (Å²) in [7, 11) is 2.16. The molecule has 3 heterocycles. The molecule has 1 atom stereocenters. The maximum absolute atomic E-state index is 12.3. The van der Waals surface area contributed by atoms with Gasteiger partial charge in [-0.15, -0.1) is 0 Å². The van der Waals surface area contributed by atoms with Crippen molar-refractivity contribution >= 4 is 11.9 Å². The second kappa shape index (κ2) is 6.93. The molecule has 1 aromatic heterocycles. The number of imidazole rings is 1. The number of hydrogen-bond acceptors (Lipinski definition) is 4. The first-order valence-corrected chi connectivity index (χ1v) is 10.3. The highest BCUT2D eigenvalue weighted by atomic mass is 16.2. The number of nitrogens with one attached hydrogen (secondary N) is 1. The van der Waals surface area contributed by atoms with E-state index in [1.54, 1.807) is 13.8 Å². The van der Waals surface area contributed by atoms with Crippen LogP contribution in [0.3, 0.4) is 0 Å². The Labute approximate surface area is 161 Å². The van der Waals surface area contributed by atoms with Crippen LogP contribution in [0.2, 0.25) is 0 Å². The Morgan fingerprint density at radius 3 is 2.63 bits per heavy atom. The summed E-state index contributed by atoms with van der Waals surface area (Å²) in [4.78, 5) is 33.2. The molecule has 2 fully saturated rings. The van der Waals surface area contributed by atoms with Crippen LogP contribution in [0.5, 0.6) is 0 Å². The van der Waals surface area contributed by atoms with E-state index < -0.39 is 5.54 Å². The van der Waals surface area contributed by atoms with Crippen molar-refractivity contribution in [3.05, 3.63) is 17.2 Å². The number of likely N-dealkylation sites (tertiary alicyclic amines) is 1. The highest BCUT2D eigenvalue weighted by molar-refractivity contribution is 6.06. The highest BCUT2D eigenvalue weighted by Gasteiger charge is 2.44. The van der Waals surface area contributed by atoms with E-state index in [9.17, 15) is 9.59 Å². The predicted octanol–water partition coefficient (Wildman–Crippen LogP) is 2.16. The van der Waals surface area contributed by atoms with Crippen LogP contribution in [-0.2, 0) is 24.7 Å². The van der Waals surface area contributed by atoms with Gasteiger partial charge in [0, 0.05) is 25.8 Å². The molecule has 3 aliphatic rings. The Morgan fingerprint density at radius 2 is 1.93 bits per heavy atom. The van der Waals surface area contributed by atoms with Crippen molar-refractivity contribution in [1.29, 1.82) is 0 Å². The summed E-state index contributed by atoms with van der Waals surface area (Å²) < 4.78 is 2.33. The standard InChI is InChI=1S/C20H31N5O2/c1-20(2)18(26)25(19(27)22-20)13-7-12-24-11-6-10-16(24)17-21-14-8-4-5-9-15(14)23(17)3/h16H,4-13H2,1-3H3,(H,22,27)/t16-/m1/s1. The molecule has 148 valence electrons. The van der Waals surface area contributed by atoms with Gasteiger partial charge in [0.15, 0.2) is 0 Å². The van der Waals surface area contributed by atoms with Gasteiger partial charge in [0.05, 0.1) is 11.7 Å². The van der Waals surface area contributed by atoms with Gasteiger partial charge in [0.25, 0.3) is 5.91 Å². The molecule has 1 N–H and O–H groups in total. The first-order valence-electron chi connectivity index (χ1n) is 10.3. The second-order valence-electron chi connectivity index (χ2n) is 8.69. The van der Waals surface area contributed by atoms with E-state index in [1.807, 2.05) is 0 Å². The van der Waals surface area contributed by atoms with Crippen molar-refractivity contribution in [3.8, 4) is 0 Å². The van der Waals surface area contributed by atoms with Crippen molar-refractivity contribution in [2.75, 3.05) is 19.6 Å². The highest BCUT2D eigenvalue weighted by Crippen LogP contribution is 2.34. The molecule has 7 heteroatoms. The molecule has 7 nitrogen and oxygen atoms in total. The lowest BCUT2D eigenvalue weighted by atomic mass is 10.0. The summed E-state index contributed by atoms with van der Waals surface area (Å²) in [6.07, 6.45) is 7.89. The third-order valence-electron chi connectivity index (χ3n) is 6.34. The summed E-state index contributed by atoms with van der Waals surface area (Å²) in [6.45, 7) is 5.95. The number of carbonyl (C=O) groups is 2. The fourth-order valence-electron chi connectivity index (χ4n) is 4.84. The fourth-order valence-corrected chi connectivity index (χ4v) is 4.84. The first-order chi connectivity index (χ1) is 12.9. The van der Waals surface area contributed by atoms with Gasteiger partial charge in [0.2, 0.25) is 0 Å². The SMILES string of the molecule is Cn1c([C@H]2CCCN2CCCN2C(=O)NC(C)(C)C2=O)nc2c1CCCC2. The Morgan fingerprint density at radius 1 is 1.15 bits per heavy atom. The summed E-state index contributed by atoms with van der Waals surface area (Å²) in [5.74, 6) is 1.08. The van der Waals surface area contributed by atoms with Crippen LogP contribution in [0, 0.1) is 0 Å². The fraction of sp³-hybridized carbons (Fsp3) is 0.750. The van der Waals surface area contributed by atoms with Gasteiger partial charge in [0.1, 0.15) is 11.4 Å². The van der Waals surface area contributed by atoms with E-state index in [4.69, 9.17) is 4.98 Å². The number of fused-ring (bicyclic) bond motifs is 1. The topological polar surface area (TPSA) is 70.5 Å². The second-order valence-corrected chi connectivity index (χ2v) is 8.69. The van der Waals surface area contributed by atoms with E-state index in [1.165, 1.54) is 41.4 Å². The average Bonchev–Trinajstić information content (AvgIpc) is 3.27. The third-order valence-corrected chi connectivity index (χ3v) is 6.34. The number of imide groups is 1. The van der Waals surface area contributed by atoms with Crippen molar-refractivity contribution in [3.63, 3.8) is 0 Å². The molecule has 1 aliphatic carbocycles. The van der Waals surface area contributed by atoms with E-state index in [-0.39, 0.29) is 11.9 Å². The minimum atomic E-state index is -0.778. The lowest BCUT2D eigenvalue weighted by Crippen LogP contribution is -2.40. The number of aromatic nitrogens is 2. The van der Waals surface area contributed by atoms with E-state index in [0.717, 1.165) is 38.8 Å². The number of rotatable bonds is 5. The molecule has 0 bridgehead atoms. The number of nitrogens with zero attached hydrogens (tertiary/aromatic N) is 4. The van der Waals surface area contributed by atoms with Crippen LogP contribution in [0.1, 0.15) is 69.2 Å². The van der Waals surface area contributed by atoms with E-state index in [0.29, 0.717) is 12.6 Å². The van der Waals surface area contributed by atoms with Gasteiger partial charge in [-0.1, -0.05) is 0 Å². The van der Waals surface area contributed by atoms with Gasteiger partial charge < -0.3 is 9.88 Å². The zero-order valence-electron chi connectivity index (χ0n) is 16.8. The summed E-state index contributed by atoms with van der Waals surface area (Å²) in [5, 5.41) is 2.75. The van der Waals surface area contributed by atoms with Gasteiger partial charge in [-0.3, -0.25) is 14.6 Å². The molecule has 4 rings (SSSR count). The van der Waals surface area contributed by atoms with Crippen LogP contribution in [0.4, 0.5) is 4.79 Å². The molecule has 0 saturated carbocycles. The molecule has 1 aromatic rings. The maximum atomic E-state index is 12.3. The van der Waals surface area contributed by atoms with Crippen molar-refractivity contribution < 1.29 is 9.59 Å². The zero-order valence-corrected chi connectivity index (χ0v) is 16.8. The van der Waals surface area contributed by atoms with Crippen LogP contribution in [0.15, 0.2) is 0 Å². The normalized spacial score (nSPS) is 25.1. The molecule has 3 amide bonds. The number of hydrogen-bond donors (Lipinski definition) is 1. The van der Waals surface area contributed by atoms with Gasteiger partial charge in [-0.25, -0.2) is 9.78 Å². The van der Waals surface area contributed by atoms with Crippen molar-refractivity contribution in [2.45, 2.75) is 70.4 Å².